The fourth-order valence-corrected chi connectivity index (χ4v) is 1.78. The molecule has 0 radical (unpaired) electrons. The quantitative estimate of drug-likeness (QED) is 0.734. The second-order valence-electron chi connectivity index (χ2n) is 4.92. The van der Waals surface area contributed by atoms with E-state index < -0.39 is 5.97 Å². The molecule has 0 aromatic heterocycles. The number of rotatable bonds is 8. The third-order valence-electron chi connectivity index (χ3n) is 2.99. The molecule has 0 aliphatic carbocycles. The summed E-state index contributed by atoms with van der Waals surface area (Å²) >= 11 is 0. The van der Waals surface area contributed by atoms with E-state index >= 15 is 0 Å². The average Bonchev–Trinajstić information content (AvgIpc) is 2.36. The fraction of sp³-hybridized carbons (Fsp3) is 0.533. The Morgan fingerprint density at radius 3 is 2.74 bits per heavy atom. The summed E-state index contributed by atoms with van der Waals surface area (Å²) in [5.74, 6) is 0.187. The van der Waals surface area contributed by atoms with Crippen molar-refractivity contribution in [2.24, 2.45) is 0 Å². The highest BCUT2D eigenvalue weighted by Gasteiger charge is 2.03. The summed E-state index contributed by atoms with van der Waals surface area (Å²) < 4.78 is 5.75. The Morgan fingerprint density at radius 2 is 2.05 bits per heavy atom. The van der Waals surface area contributed by atoms with E-state index in [1.807, 2.05) is 31.9 Å². The minimum absolute atomic E-state index is 0.189. The molecular weight excluding hydrogens is 242 g/mol. The van der Waals surface area contributed by atoms with Crippen molar-refractivity contribution in [1.82, 2.24) is 4.90 Å². The Kier molecular flexibility index (Phi) is 6.36. The van der Waals surface area contributed by atoms with Crippen LogP contribution in [0.3, 0.4) is 0 Å². The van der Waals surface area contributed by atoms with Crippen LogP contribution >= 0.6 is 0 Å². The molecule has 0 aliphatic heterocycles. The highest BCUT2D eigenvalue weighted by atomic mass is 16.5. The van der Waals surface area contributed by atoms with Crippen LogP contribution in [0.4, 0.5) is 0 Å². The third-order valence-corrected chi connectivity index (χ3v) is 2.99. The molecule has 0 heterocycles. The molecule has 106 valence electrons. The molecule has 0 saturated heterocycles. The first kappa shape index (κ1) is 15.5. The number of aryl methyl sites for hydroxylation is 2. The van der Waals surface area contributed by atoms with Crippen LogP contribution in [-0.4, -0.2) is 42.7 Å². The number of nitrogens with zero attached hydrogens (tertiary/aromatic N) is 1. The smallest absolute Gasteiger partial charge is 0.304 e. The molecule has 0 unspecified atom stereocenters. The van der Waals surface area contributed by atoms with Gasteiger partial charge in [0.05, 0.1) is 13.0 Å². The van der Waals surface area contributed by atoms with Crippen molar-refractivity contribution < 1.29 is 14.6 Å². The number of carboxylic acid groups (broad SMARTS) is 1. The minimum atomic E-state index is -0.751. The van der Waals surface area contributed by atoms with Crippen LogP contribution in [0.2, 0.25) is 0 Å². The zero-order chi connectivity index (χ0) is 14.3. The summed E-state index contributed by atoms with van der Waals surface area (Å²) in [7, 11) is 1.93. The lowest BCUT2D eigenvalue weighted by atomic mass is 10.1. The maximum atomic E-state index is 10.4. The van der Waals surface area contributed by atoms with Gasteiger partial charge in [0.2, 0.25) is 0 Å². The molecule has 0 bridgehead atoms. The Labute approximate surface area is 115 Å². The van der Waals surface area contributed by atoms with Gasteiger partial charge >= 0.3 is 5.97 Å². The van der Waals surface area contributed by atoms with Crippen molar-refractivity contribution in [3.63, 3.8) is 0 Å². The van der Waals surface area contributed by atoms with Gasteiger partial charge in [-0.1, -0.05) is 12.1 Å². The molecule has 1 aromatic rings. The topological polar surface area (TPSA) is 49.8 Å². The maximum absolute atomic E-state index is 10.4. The van der Waals surface area contributed by atoms with E-state index in [0.717, 1.165) is 24.3 Å². The van der Waals surface area contributed by atoms with E-state index in [0.29, 0.717) is 13.2 Å². The molecule has 4 nitrogen and oxygen atoms in total. The van der Waals surface area contributed by atoms with Gasteiger partial charge in [-0.3, -0.25) is 4.79 Å². The van der Waals surface area contributed by atoms with E-state index in [9.17, 15) is 4.79 Å². The highest BCUT2D eigenvalue weighted by molar-refractivity contribution is 5.66. The minimum Gasteiger partial charge on any atom is -0.493 e. The van der Waals surface area contributed by atoms with Crippen molar-refractivity contribution in [1.29, 1.82) is 0 Å². The van der Waals surface area contributed by atoms with Crippen molar-refractivity contribution in [3.05, 3.63) is 29.3 Å². The highest BCUT2D eigenvalue weighted by Crippen LogP contribution is 2.19. The van der Waals surface area contributed by atoms with Crippen LogP contribution in [0.15, 0.2) is 18.2 Å². The second-order valence-corrected chi connectivity index (χ2v) is 4.92. The lowest BCUT2D eigenvalue weighted by Crippen LogP contribution is -2.24. The Bertz CT molecular complexity index is 418. The molecule has 0 aliphatic rings. The number of carbonyl (C=O) groups is 1. The van der Waals surface area contributed by atoms with Gasteiger partial charge < -0.3 is 14.7 Å². The van der Waals surface area contributed by atoms with E-state index in [1.54, 1.807) is 0 Å². The van der Waals surface area contributed by atoms with Crippen molar-refractivity contribution in [2.45, 2.75) is 26.7 Å². The van der Waals surface area contributed by atoms with Gasteiger partial charge in [-0.2, -0.15) is 0 Å². The van der Waals surface area contributed by atoms with E-state index in [2.05, 4.69) is 12.1 Å². The average molecular weight is 265 g/mol. The molecule has 0 fully saturated rings. The molecule has 0 amide bonds. The summed E-state index contributed by atoms with van der Waals surface area (Å²) in [6, 6.07) is 6.18. The fourth-order valence-electron chi connectivity index (χ4n) is 1.78. The number of hydrogen-bond donors (Lipinski definition) is 1. The summed E-state index contributed by atoms with van der Waals surface area (Å²) in [4.78, 5) is 12.5. The first-order valence-corrected chi connectivity index (χ1v) is 6.59. The van der Waals surface area contributed by atoms with Crippen LogP contribution in [0.5, 0.6) is 5.75 Å². The number of benzene rings is 1. The van der Waals surface area contributed by atoms with Gasteiger partial charge in [0.15, 0.2) is 0 Å². The van der Waals surface area contributed by atoms with Crippen LogP contribution in [-0.2, 0) is 4.79 Å². The summed E-state index contributed by atoms with van der Waals surface area (Å²) in [6.07, 6.45) is 1.08. The van der Waals surface area contributed by atoms with Crippen LogP contribution in [0.25, 0.3) is 0 Å². The number of hydrogen-bond acceptors (Lipinski definition) is 3. The Hall–Kier alpha value is -1.55. The first-order valence-electron chi connectivity index (χ1n) is 6.59. The zero-order valence-corrected chi connectivity index (χ0v) is 12.0. The van der Waals surface area contributed by atoms with Gasteiger partial charge in [-0.05, 0) is 44.5 Å². The summed E-state index contributed by atoms with van der Waals surface area (Å²) in [6.45, 7) is 6.17. The molecule has 4 heteroatoms. The third kappa shape index (κ3) is 6.25. The van der Waals surface area contributed by atoms with E-state index in [-0.39, 0.29) is 6.42 Å². The van der Waals surface area contributed by atoms with Gasteiger partial charge in [0, 0.05) is 13.1 Å². The van der Waals surface area contributed by atoms with Gasteiger partial charge in [0.25, 0.3) is 0 Å². The van der Waals surface area contributed by atoms with Gasteiger partial charge in [0.1, 0.15) is 5.75 Å². The van der Waals surface area contributed by atoms with E-state index in [4.69, 9.17) is 9.84 Å². The maximum Gasteiger partial charge on any atom is 0.304 e. The van der Waals surface area contributed by atoms with Gasteiger partial charge in [-0.15, -0.1) is 0 Å². The largest absolute Gasteiger partial charge is 0.493 e. The summed E-state index contributed by atoms with van der Waals surface area (Å²) in [5.41, 5.74) is 2.34. The molecule has 0 spiro atoms. The molecule has 1 N–H and O–H groups in total. The first-order chi connectivity index (χ1) is 8.99. The lowest BCUT2D eigenvalue weighted by Gasteiger charge is -2.16. The second kappa shape index (κ2) is 7.79. The predicted molar refractivity (Wildman–Crippen MR) is 75.8 cm³/mol. The predicted octanol–water partition coefficient (Wildman–Crippen LogP) is 2.48. The Balaban J connectivity index is 2.23. The van der Waals surface area contributed by atoms with Crippen LogP contribution in [0.1, 0.15) is 24.0 Å². The number of ether oxygens (including phenoxy) is 1. The Morgan fingerprint density at radius 1 is 1.32 bits per heavy atom. The van der Waals surface area contributed by atoms with Crippen molar-refractivity contribution >= 4 is 5.97 Å². The molecule has 0 saturated carbocycles. The van der Waals surface area contributed by atoms with Crippen molar-refractivity contribution in [3.8, 4) is 5.75 Å². The number of aliphatic carboxylic acids is 1. The van der Waals surface area contributed by atoms with E-state index in [1.165, 1.54) is 5.56 Å². The monoisotopic (exact) mass is 265 g/mol. The number of carboxylic acids is 1. The molecule has 19 heavy (non-hydrogen) atoms. The standard InChI is InChI=1S/C15H23NO3/c1-12-5-6-13(2)14(11-12)19-10-4-8-16(3)9-7-15(17)18/h5-6,11H,4,7-10H2,1-3H3,(H,17,18). The van der Waals surface area contributed by atoms with Crippen LogP contribution < -0.4 is 4.74 Å². The lowest BCUT2D eigenvalue weighted by molar-refractivity contribution is -0.137. The molecule has 0 atom stereocenters. The summed E-state index contributed by atoms with van der Waals surface area (Å²) in [5, 5.41) is 8.59. The molecular formula is C15H23NO3. The molecule has 1 rings (SSSR count). The zero-order valence-electron chi connectivity index (χ0n) is 12.0. The van der Waals surface area contributed by atoms with Crippen LogP contribution in [0, 0.1) is 13.8 Å². The van der Waals surface area contributed by atoms with Gasteiger partial charge in [-0.25, -0.2) is 0 Å². The SMILES string of the molecule is Cc1ccc(C)c(OCCCN(C)CCC(=O)O)c1. The normalized spacial score (nSPS) is 10.7. The molecule has 1 aromatic carbocycles. The van der Waals surface area contributed by atoms with Crippen molar-refractivity contribution in [2.75, 3.05) is 26.7 Å².